The van der Waals surface area contributed by atoms with E-state index < -0.39 is 0 Å². The van der Waals surface area contributed by atoms with Gasteiger partial charge in [-0.3, -0.25) is 9.97 Å². The molecule has 0 atom stereocenters. The van der Waals surface area contributed by atoms with Gasteiger partial charge in [0, 0.05) is 31.2 Å². The molecule has 0 fully saturated rings. The highest BCUT2D eigenvalue weighted by Crippen LogP contribution is 2.17. The molecule has 0 aliphatic heterocycles. The first-order valence-electron chi connectivity index (χ1n) is 7.12. The number of nitrogens with one attached hydrogen (secondary N) is 1. The number of rotatable bonds is 8. The minimum Gasteiger partial charge on any atom is -0.396 e. The lowest BCUT2D eigenvalue weighted by molar-refractivity contribution is 0.283. The number of hydrogen-bond acceptors (Lipinski definition) is 4. The molecule has 2 heterocycles. The topological polar surface area (TPSA) is 58.0 Å². The van der Waals surface area contributed by atoms with Gasteiger partial charge in [0.1, 0.15) is 0 Å². The molecule has 2 rings (SSSR count). The van der Waals surface area contributed by atoms with E-state index in [4.69, 9.17) is 5.11 Å². The molecular formula is C16H21N3O. The molecule has 0 spiro atoms. The van der Waals surface area contributed by atoms with E-state index in [2.05, 4.69) is 15.3 Å². The van der Waals surface area contributed by atoms with E-state index >= 15 is 0 Å². The number of hydrogen-bond donors (Lipinski definition) is 2. The summed E-state index contributed by atoms with van der Waals surface area (Å²) in [6, 6.07) is 9.82. The zero-order valence-corrected chi connectivity index (χ0v) is 11.6. The Labute approximate surface area is 119 Å². The minimum atomic E-state index is 0.297. The second-order valence-corrected chi connectivity index (χ2v) is 4.71. The summed E-state index contributed by atoms with van der Waals surface area (Å²) < 4.78 is 0. The average Bonchev–Trinajstić information content (AvgIpc) is 2.52. The van der Waals surface area contributed by atoms with Crippen LogP contribution in [0.25, 0.3) is 11.4 Å². The van der Waals surface area contributed by atoms with Crippen LogP contribution in [0, 0.1) is 0 Å². The molecule has 4 nitrogen and oxygen atoms in total. The van der Waals surface area contributed by atoms with Crippen molar-refractivity contribution in [3.05, 3.63) is 42.7 Å². The summed E-state index contributed by atoms with van der Waals surface area (Å²) in [7, 11) is 0. The number of aliphatic hydroxyl groups is 1. The summed E-state index contributed by atoms with van der Waals surface area (Å²) in [6.45, 7) is 1.24. The molecule has 0 amide bonds. The van der Waals surface area contributed by atoms with Gasteiger partial charge in [0.2, 0.25) is 0 Å². The van der Waals surface area contributed by atoms with Gasteiger partial charge in [0.15, 0.2) is 0 Å². The van der Waals surface area contributed by atoms with Crippen LogP contribution in [0.4, 0.5) is 5.69 Å². The highest BCUT2D eigenvalue weighted by Gasteiger charge is 2.01. The Morgan fingerprint density at radius 1 is 0.900 bits per heavy atom. The number of anilines is 1. The normalized spacial score (nSPS) is 10.4. The quantitative estimate of drug-likeness (QED) is 0.724. The molecule has 106 valence electrons. The van der Waals surface area contributed by atoms with E-state index in [1.165, 1.54) is 0 Å². The maximum absolute atomic E-state index is 8.71. The lowest BCUT2D eigenvalue weighted by atomic mass is 10.2. The number of unbranched alkanes of at least 4 members (excludes halogenated alkanes) is 3. The molecule has 0 unspecified atom stereocenters. The first-order chi connectivity index (χ1) is 9.90. The predicted molar refractivity (Wildman–Crippen MR) is 81.5 cm³/mol. The second kappa shape index (κ2) is 8.27. The molecule has 2 N–H and O–H groups in total. The Bertz CT molecular complexity index is 502. The van der Waals surface area contributed by atoms with Crippen molar-refractivity contribution in [1.82, 2.24) is 9.97 Å². The fraction of sp³-hybridized carbons (Fsp3) is 0.375. The molecule has 0 saturated carbocycles. The van der Waals surface area contributed by atoms with Gasteiger partial charge in [-0.2, -0.15) is 0 Å². The Morgan fingerprint density at radius 3 is 2.55 bits per heavy atom. The number of nitrogens with zero attached hydrogens (tertiary/aromatic N) is 2. The fourth-order valence-corrected chi connectivity index (χ4v) is 2.02. The van der Waals surface area contributed by atoms with Gasteiger partial charge in [-0.1, -0.05) is 18.9 Å². The van der Waals surface area contributed by atoms with Gasteiger partial charge < -0.3 is 10.4 Å². The van der Waals surface area contributed by atoms with E-state index in [1.54, 1.807) is 12.4 Å². The molecule has 0 aliphatic carbocycles. The molecule has 0 aliphatic rings. The third-order valence-electron chi connectivity index (χ3n) is 3.10. The highest BCUT2D eigenvalue weighted by atomic mass is 16.2. The third-order valence-corrected chi connectivity index (χ3v) is 3.10. The van der Waals surface area contributed by atoms with Gasteiger partial charge in [-0.05, 0) is 37.1 Å². The second-order valence-electron chi connectivity index (χ2n) is 4.71. The van der Waals surface area contributed by atoms with Crippen LogP contribution in [0.5, 0.6) is 0 Å². The first-order valence-corrected chi connectivity index (χ1v) is 7.12. The van der Waals surface area contributed by atoms with Crippen LogP contribution >= 0.6 is 0 Å². The van der Waals surface area contributed by atoms with Crippen molar-refractivity contribution in [2.24, 2.45) is 0 Å². The number of aliphatic hydroxyl groups excluding tert-OH is 1. The monoisotopic (exact) mass is 271 g/mol. The van der Waals surface area contributed by atoms with Crippen LogP contribution in [-0.4, -0.2) is 28.2 Å². The molecule has 0 radical (unpaired) electrons. The van der Waals surface area contributed by atoms with Crippen molar-refractivity contribution in [3.8, 4) is 11.4 Å². The Balaban J connectivity index is 1.84. The molecule has 4 heteroatoms. The smallest absolute Gasteiger partial charge is 0.0906 e. The maximum Gasteiger partial charge on any atom is 0.0906 e. The predicted octanol–water partition coefficient (Wildman–Crippen LogP) is 3.11. The molecule has 2 aromatic heterocycles. The Hall–Kier alpha value is -1.94. The van der Waals surface area contributed by atoms with Gasteiger partial charge in [-0.25, -0.2) is 0 Å². The van der Waals surface area contributed by atoms with Crippen molar-refractivity contribution in [3.63, 3.8) is 0 Å². The van der Waals surface area contributed by atoms with Gasteiger partial charge in [-0.15, -0.1) is 0 Å². The zero-order chi connectivity index (χ0) is 14.0. The van der Waals surface area contributed by atoms with Crippen molar-refractivity contribution in [2.45, 2.75) is 25.7 Å². The first kappa shape index (κ1) is 14.5. The van der Waals surface area contributed by atoms with Crippen LogP contribution in [-0.2, 0) is 0 Å². The minimum absolute atomic E-state index is 0.297. The lowest BCUT2D eigenvalue weighted by Crippen LogP contribution is -2.02. The van der Waals surface area contributed by atoms with E-state index in [1.807, 2.05) is 30.3 Å². The lowest BCUT2D eigenvalue weighted by Gasteiger charge is -2.07. The van der Waals surface area contributed by atoms with Gasteiger partial charge in [0.05, 0.1) is 11.4 Å². The number of pyridine rings is 2. The molecule has 0 bridgehead atoms. The summed E-state index contributed by atoms with van der Waals surface area (Å²) in [4.78, 5) is 8.65. The van der Waals surface area contributed by atoms with Crippen LogP contribution < -0.4 is 5.32 Å². The van der Waals surface area contributed by atoms with Crippen molar-refractivity contribution >= 4 is 5.69 Å². The Morgan fingerprint density at radius 2 is 1.75 bits per heavy atom. The fourth-order valence-electron chi connectivity index (χ4n) is 2.02. The molecule has 2 aromatic rings. The molecule has 20 heavy (non-hydrogen) atoms. The van der Waals surface area contributed by atoms with Crippen molar-refractivity contribution in [1.29, 1.82) is 0 Å². The number of aromatic nitrogens is 2. The van der Waals surface area contributed by atoms with Gasteiger partial charge >= 0.3 is 0 Å². The van der Waals surface area contributed by atoms with Crippen LogP contribution in [0.3, 0.4) is 0 Å². The summed E-state index contributed by atoms with van der Waals surface area (Å²) in [5.41, 5.74) is 2.85. The average molecular weight is 271 g/mol. The van der Waals surface area contributed by atoms with Gasteiger partial charge in [0.25, 0.3) is 0 Å². The Kier molecular flexibility index (Phi) is 5.99. The maximum atomic E-state index is 8.71. The van der Waals surface area contributed by atoms with Crippen LogP contribution in [0.2, 0.25) is 0 Å². The van der Waals surface area contributed by atoms with E-state index in [0.29, 0.717) is 6.61 Å². The zero-order valence-electron chi connectivity index (χ0n) is 11.6. The van der Waals surface area contributed by atoms with E-state index in [0.717, 1.165) is 49.3 Å². The molecular weight excluding hydrogens is 250 g/mol. The largest absolute Gasteiger partial charge is 0.396 e. The van der Waals surface area contributed by atoms with E-state index in [-0.39, 0.29) is 0 Å². The summed E-state index contributed by atoms with van der Waals surface area (Å²) in [5.74, 6) is 0. The summed E-state index contributed by atoms with van der Waals surface area (Å²) in [6.07, 6.45) is 7.83. The molecule has 0 saturated heterocycles. The van der Waals surface area contributed by atoms with Crippen molar-refractivity contribution in [2.75, 3.05) is 18.5 Å². The summed E-state index contributed by atoms with van der Waals surface area (Å²) >= 11 is 0. The van der Waals surface area contributed by atoms with E-state index in [9.17, 15) is 0 Å². The standard InChI is InChI=1S/C16H21N3O/c20-12-6-2-1-4-9-17-14-8-11-19-16(13-14)15-7-3-5-10-18-15/h3,5,7-8,10-11,13,20H,1-2,4,6,9,12H2,(H,17,19). The highest BCUT2D eigenvalue weighted by molar-refractivity contribution is 5.60. The van der Waals surface area contributed by atoms with Crippen LogP contribution in [0.15, 0.2) is 42.7 Å². The van der Waals surface area contributed by atoms with Crippen molar-refractivity contribution < 1.29 is 5.11 Å². The third kappa shape index (κ3) is 4.63. The SMILES string of the molecule is OCCCCCCNc1ccnc(-c2ccccn2)c1. The summed E-state index contributed by atoms with van der Waals surface area (Å²) in [5, 5.41) is 12.1. The van der Waals surface area contributed by atoms with Crippen LogP contribution in [0.1, 0.15) is 25.7 Å². The molecule has 0 aromatic carbocycles.